The minimum absolute atomic E-state index is 0.0138. The van der Waals surface area contributed by atoms with E-state index in [0.717, 1.165) is 4.31 Å². The molecular weight excluding hydrogens is 460 g/mol. The molecule has 0 aliphatic heterocycles. The summed E-state index contributed by atoms with van der Waals surface area (Å²) >= 11 is 6.24. The lowest BCUT2D eigenvalue weighted by Gasteiger charge is -2.24. The number of aromatic nitrogens is 2. The molecule has 3 rings (SSSR count). The number of carbonyl (C=O) groups is 1. The lowest BCUT2D eigenvalue weighted by Crippen LogP contribution is -2.31. The van der Waals surface area contributed by atoms with Crippen LogP contribution in [-0.4, -0.2) is 30.8 Å². The van der Waals surface area contributed by atoms with E-state index in [1.54, 1.807) is 24.3 Å². The van der Waals surface area contributed by atoms with E-state index in [4.69, 9.17) is 11.6 Å². The summed E-state index contributed by atoms with van der Waals surface area (Å²) in [6.45, 7) is 9.64. The number of benzene rings is 2. The van der Waals surface area contributed by atoms with Gasteiger partial charge in [0.2, 0.25) is 0 Å². The van der Waals surface area contributed by atoms with E-state index in [2.05, 4.69) is 21.9 Å². The van der Waals surface area contributed by atoms with Crippen molar-refractivity contribution in [3.8, 4) is 0 Å². The average molecular weight is 485 g/mol. The normalized spacial score (nSPS) is 11.6. The summed E-state index contributed by atoms with van der Waals surface area (Å²) < 4.78 is 28.0. The largest absolute Gasteiger partial charge is 0.319 e. The van der Waals surface area contributed by atoms with Crippen molar-refractivity contribution in [2.45, 2.75) is 31.1 Å². The van der Waals surface area contributed by atoms with Crippen LogP contribution in [0.5, 0.6) is 0 Å². The first-order valence-electron chi connectivity index (χ1n) is 10.2. The van der Waals surface area contributed by atoms with Gasteiger partial charge in [0, 0.05) is 11.0 Å². The molecule has 1 N–H and O–H groups in total. The Hall–Kier alpha value is -3.23. The first-order chi connectivity index (χ1) is 15.5. The maximum Gasteiger partial charge on any atom is 0.264 e. The molecule has 9 heteroatoms. The Bertz CT molecular complexity index is 1270. The molecule has 0 aliphatic rings. The van der Waals surface area contributed by atoms with Crippen LogP contribution in [0.15, 0.2) is 78.5 Å². The van der Waals surface area contributed by atoms with Crippen LogP contribution in [0.2, 0.25) is 5.02 Å². The Kier molecular flexibility index (Phi) is 7.19. The molecule has 172 valence electrons. The number of anilines is 2. The van der Waals surface area contributed by atoms with Crippen LogP contribution >= 0.6 is 11.6 Å². The Morgan fingerprint density at radius 1 is 1.12 bits per heavy atom. The summed E-state index contributed by atoms with van der Waals surface area (Å²) in [5, 5.41) is 2.99. The van der Waals surface area contributed by atoms with Gasteiger partial charge in [-0.3, -0.25) is 9.10 Å². The van der Waals surface area contributed by atoms with Crippen LogP contribution in [0, 0.1) is 0 Å². The van der Waals surface area contributed by atoms with E-state index >= 15 is 0 Å². The van der Waals surface area contributed by atoms with Crippen molar-refractivity contribution in [3.05, 3.63) is 90.0 Å². The van der Waals surface area contributed by atoms with Gasteiger partial charge in [-0.15, -0.1) is 6.58 Å². The summed E-state index contributed by atoms with van der Waals surface area (Å²) in [7, 11) is -4.02. The number of para-hydroxylation sites is 1. The second-order valence-electron chi connectivity index (χ2n) is 8.30. The van der Waals surface area contributed by atoms with E-state index < -0.39 is 15.9 Å². The van der Waals surface area contributed by atoms with E-state index in [1.807, 2.05) is 20.8 Å². The van der Waals surface area contributed by atoms with Crippen LogP contribution in [-0.2, 0) is 15.4 Å². The Morgan fingerprint density at radius 2 is 1.79 bits per heavy atom. The Morgan fingerprint density at radius 3 is 2.39 bits per heavy atom. The number of hydrogen-bond acceptors (Lipinski definition) is 5. The number of carbonyl (C=O) groups excluding carboxylic acids is 1. The lowest BCUT2D eigenvalue weighted by atomic mass is 9.96. The summed E-state index contributed by atoms with van der Waals surface area (Å²) in [6, 6.07) is 12.4. The van der Waals surface area contributed by atoms with Gasteiger partial charge in [0.15, 0.2) is 0 Å². The van der Waals surface area contributed by atoms with Gasteiger partial charge in [-0.05, 0) is 30.3 Å². The molecule has 0 atom stereocenters. The third kappa shape index (κ3) is 5.58. The van der Waals surface area contributed by atoms with Crippen LogP contribution in [0.1, 0.15) is 37.0 Å². The molecule has 0 aliphatic carbocycles. The zero-order chi connectivity index (χ0) is 24.2. The van der Waals surface area contributed by atoms with Crippen LogP contribution < -0.4 is 9.62 Å². The Labute approximate surface area is 199 Å². The number of hydrogen-bond donors (Lipinski definition) is 1. The molecule has 0 saturated heterocycles. The zero-order valence-electron chi connectivity index (χ0n) is 18.6. The average Bonchev–Trinajstić information content (AvgIpc) is 2.78. The molecule has 0 bridgehead atoms. The number of nitrogens with zero attached hydrogens (tertiary/aromatic N) is 3. The first kappa shape index (κ1) is 24.4. The topological polar surface area (TPSA) is 92.3 Å². The highest BCUT2D eigenvalue weighted by molar-refractivity contribution is 7.92. The highest BCUT2D eigenvalue weighted by atomic mass is 35.5. The van der Waals surface area contributed by atoms with Gasteiger partial charge in [-0.2, -0.15) is 0 Å². The van der Waals surface area contributed by atoms with Gasteiger partial charge in [0.05, 0.1) is 40.2 Å². The predicted octanol–water partition coefficient (Wildman–Crippen LogP) is 5.06. The SMILES string of the molecule is C=CCN(c1ccccc1Cl)S(=O)(=O)c1cccc(C(=O)Nc2cnc(C(C)(C)C)nc2)c1. The first-order valence-corrected chi connectivity index (χ1v) is 12.0. The highest BCUT2D eigenvalue weighted by Gasteiger charge is 2.26. The fourth-order valence-electron chi connectivity index (χ4n) is 3.01. The van der Waals surface area contributed by atoms with Gasteiger partial charge in [0.1, 0.15) is 5.82 Å². The standard InChI is InChI=1S/C24H25ClN4O3S/c1-5-13-29(21-12-7-6-11-20(21)25)33(31,32)19-10-8-9-17(14-19)22(30)28-18-15-26-23(27-16-18)24(2,3)4/h5-12,14-16H,1,13H2,2-4H3,(H,28,30). The molecule has 0 saturated carbocycles. The number of halogens is 1. The number of sulfonamides is 1. The molecule has 7 nitrogen and oxygen atoms in total. The number of nitrogens with one attached hydrogen (secondary N) is 1. The second kappa shape index (κ2) is 9.72. The molecule has 1 heterocycles. The predicted molar refractivity (Wildman–Crippen MR) is 131 cm³/mol. The summed E-state index contributed by atoms with van der Waals surface area (Å²) in [4.78, 5) is 21.3. The van der Waals surface area contributed by atoms with Gasteiger partial charge in [0.25, 0.3) is 15.9 Å². The second-order valence-corrected chi connectivity index (χ2v) is 10.6. The fraction of sp³-hybridized carbons (Fsp3) is 0.208. The van der Waals surface area contributed by atoms with Crippen LogP contribution in [0.3, 0.4) is 0 Å². The monoisotopic (exact) mass is 484 g/mol. The van der Waals surface area contributed by atoms with E-state index in [9.17, 15) is 13.2 Å². The van der Waals surface area contributed by atoms with Gasteiger partial charge in [-0.25, -0.2) is 18.4 Å². The molecule has 0 fully saturated rings. The molecule has 33 heavy (non-hydrogen) atoms. The summed E-state index contributed by atoms with van der Waals surface area (Å²) in [5.74, 6) is 0.169. The molecule has 0 spiro atoms. The third-order valence-corrected chi connectivity index (χ3v) is 6.78. The van der Waals surface area contributed by atoms with Gasteiger partial charge >= 0.3 is 0 Å². The highest BCUT2D eigenvalue weighted by Crippen LogP contribution is 2.30. The molecule has 0 unspecified atom stereocenters. The zero-order valence-corrected chi connectivity index (χ0v) is 20.2. The maximum atomic E-state index is 13.4. The fourth-order valence-corrected chi connectivity index (χ4v) is 4.79. The molecule has 1 aromatic heterocycles. The maximum absolute atomic E-state index is 13.4. The van der Waals surface area contributed by atoms with Crippen molar-refractivity contribution >= 4 is 38.9 Å². The van der Waals surface area contributed by atoms with Crippen molar-refractivity contribution < 1.29 is 13.2 Å². The van der Waals surface area contributed by atoms with E-state index in [1.165, 1.54) is 42.7 Å². The minimum Gasteiger partial charge on any atom is -0.319 e. The van der Waals surface area contributed by atoms with Crippen molar-refractivity contribution in [1.82, 2.24) is 9.97 Å². The van der Waals surface area contributed by atoms with Crippen LogP contribution in [0.25, 0.3) is 0 Å². The summed E-state index contributed by atoms with van der Waals surface area (Å²) in [5.41, 5.74) is 0.689. The molecular formula is C24H25ClN4O3S. The number of amides is 1. The van der Waals surface area contributed by atoms with E-state index in [-0.39, 0.29) is 27.4 Å². The minimum atomic E-state index is -4.02. The number of rotatable bonds is 7. The Balaban J connectivity index is 1.89. The van der Waals surface area contributed by atoms with Crippen molar-refractivity contribution in [2.24, 2.45) is 0 Å². The van der Waals surface area contributed by atoms with E-state index in [0.29, 0.717) is 17.2 Å². The van der Waals surface area contributed by atoms with Crippen molar-refractivity contribution in [1.29, 1.82) is 0 Å². The molecule has 1 amide bonds. The molecule has 2 aromatic carbocycles. The van der Waals surface area contributed by atoms with Crippen LogP contribution in [0.4, 0.5) is 11.4 Å². The van der Waals surface area contributed by atoms with Gasteiger partial charge < -0.3 is 5.32 Å². The quantitative estimate of drug-likeness (QED) is 0.473. The van der Waals surface area contributed by atoms with Gasteiger partial charge in [-0.1, -0.05) is 56.6 Å². The third-order valence-electron chi connectivity index (χ3n) is 4.68. The summed E-state index contributed by atoms with van der Waals surface area (Å²) in [6.07, 6.45) is 4.52. The van der Waals surface area contributed by atoms with Crippen molar-refractivity contribution in [2.75, 3.05) is 16.2 Å². The smallest absolute Gasteiger partial charge is 0.264 e. The lowest BCUT2D eigenvalue weighted by molar-refractivity contribution is 0.102. The molecule has 0 radical (unpaired) electrons. The molecule has 3 aromatic rings. The van der Waals surface area contributed by atoms with Crippen molar-refractivity contribution in [3.63, 3.8) is 0 Å².